The van der Waals surface area contributed by atoms with E-state index in [2.05, 4.69) is 59.6 Å². The molecule has 66 heavy (non-hydrogen) atoms. The number of ether oxygens (including phenoxy) is 3. The Morgan fingerprint density at radius 1 is 0.803 bits per heavy atom. The van der Waals surface area contributed by atoms with Crippen LogP contribution in [0.15, 0.2) is 65.7 Å². The summed E-state index contributed by atoms with van der Waals surface area (Å²) in [5.41, 5.74) is 4.57. The topological polar surface area (TPSA) is 286 Å². The quantitative estimate of drug-likeness (QED) is 0.0163. The molecule has 7 N–H and O–H groups in total. The van der Waals surface area contributed by atoms with E-state index in [1.807, 2.05) is 12.2 Å². The predicted octanol–water partition coefficient (Wildman–Crippen LogP) is 7.44. The van der Waals surface area contributed by atoms with E-state index in [1.54, 1.807) is 0 Å². The Balaban J connectivity index is 1.84. The largest absolute Gasteiger partial charge is 0.481 e. The second-order valence-corrected chi connectivity index (χ2v) is 19.3. The van der Waals surface area contributed by atoms with Crippen LogP contribution in [0.3, 0.4) is 0 Å². The average Bonchev–Trinajstić information content (AvgIpc) is 3.55. The number of unbranched alkanes of at least 4 members (excludes halogenated alkanes) is 9. The number of rotatable bonds is 37. The van der Waals surface area contributed by atoms with Gasteiger partial charge in [-0.3, -0.25) is 23.2 Å². The zero-order chi connectivity index (χ0) is 48.6. The lowest BCUT2D eigenvalue weighted by Crippen LogP contribution is -2.36. The summed E-state index contributed by atoms with van der Waals surface area (Å²) in [6, 6.07) is 1.24. The van der Waals surface area contributed by atoms with Gasteiger partial charge in [-0.2, -0.15) is 9.29 Å². The van der Waals surface area contributed by atoms with Gasteiger partial charge < -0.3 is 45.1 Å². The molecule has 1 aliphatic heterocycles. The lowest BCUT2D eigenvalue weighted by Gasteiger charge is -2.21. The number of phosphoric ester groups is 2. The highest BCUT2D eigenvalue weighted by Crippen LogP contribution is 2.60. The van der Waals surface area contributed by atoms with Crippen LogP contribution in [0.1, 0.15) is 142 Å². The zero-order valence-corrected chi connectivity index (χ0v) is 40.4. The number of carbonyl (C=O) groups is 2. The molecule has 0 saturated carbocycles. The molecule has 1 aromatic heterocycles. The van der Waals surface area contributed by atoms with Crippen LogP contribution in [-0.4, -0.2) is 97.4 Å². The Labute approximate surface area is 389 Å². The van der Waals surface area contributed by atoms with E-state index < -0.39 is 83.7 Å². The fraction of sp³-hybridized carbons (Fsp3) is 0.689. The molecule has 1 aromatic rings. The van der Waals surface area contributed by atoms with Crippen molar-refractivity contribution in [2.24, 2.45) is 5.92 Å². The number of allylic oxidation sites excluding steroid dienone is 8. The molecular formula is C45H75N3O16P2. The maximum Gasteiger partial charge on any atom is 0.481 e. The molecule has 2 rings (SSSR count). The Morgan fingerprint density at radius 3 is 2.02 bits per heavy atom. The molecule has 0 spiro atoms. The lowest BCUT2D eigenvalue weighted by molar-refractivity contribution is -0.161. The fourth-order valence-corrected chi connectivity index (χ4v) is 8.61. The number of nitrogen functional groups attached to an aromatic ring is 1. The molecule has 0 radical (unpaired) electrons. The Morgan fingerprint density at radius 2 is 1.38 bits per heavy atom. The van der Waals surface area contributed by atoms with Crippen LogP contribution in [0.2, 0.25) is 0 Å². The van der Waals surface area contributed by atoms with Crippen molar-refractivity contribution in [3.8, 4) is 0 Å². The summed E-state index contributed by atoms with van der Waals surface area (Å²) in [6.45, 7) is 2.30. The molecule has 1 saturated heterocycles. The summed E-state index contributed by atoms with van der Waals surface area (Å²) in [5.74, 6) is -0.686. The van der Waals surface area contributed by atoms with Crippen molar-refractivity contribution in [2.75, 3.05) is 32.2 Å². The van der Waals surface area contributed by atoms with Crippen molar-refractivity contribution < 1.29 is 71.4 Å². The van der Waals surface area contributed by atoms with E-state index in [0.717, 1.165) is 94.2 Å². The van der Waals surface area contributed by atoms with Gasteiger partial charge >= 0.3 is 33.3 Å². The normalized spacial score (nSPS) is 20.6. The van der Waals surface area contributed by atoms with Crippen LogP contribution in [0.5, 0.6) is 0 Å². The van der Waals surface area contributed by atoms with E-state index in [-0.39, 0.29) is 25.3 Å². The summed E-state index contributed by atoms with van der Waals surface area (Å²) in [6.07, 6.45) is 25.5. The molecule has 19 nitrogen and oxygen atoms in total. The number of nitrogens with two attached hydrogens (primary N) is 1. The number of phosphoric acid groups is 2. The van der Waals surface area contributed by atoms with Crippen LogP contribution >= 0.6 is 15.6 Å². The molecule has 2 heterocycles. The van der Waals surface area contributed by atoms with Crippen molar-refractivity contribution in [1.82, 2.24) is 9.55 Å². The number of carbonyl (C=O) groups excluding carboxylic acids is 2. The van der Waals surface area contributed by atoms with Gasteiger partial charge in [0.15, 0.2) is 12.3 Å². The number of hydrogen-bond donors (Lipinski definition) is 6. The van der Waals surface area contributed by atoms with Gasteiger partial charge in [-0.1, -0.05) is 114 Å². The molecular weight excluding hydrogens is 900 g/mol. The van der Waals surface area contributed by atoms with Crippen molar-refractivity contribution in [2.45, 2.75) is 166 Å². The summed E-state index contributed by atoms with van der Waals surface area (Å²) in [5, 5.41) is 29.7. The molecule has 3 unspecified atom stereocenters. The highest BCUT2D eigenvalue weighted by Gasteiger charge is 2.46. The van der Waals surface area contributed by atoms with E-state index in [4.69, 9.17) is 34.1 Å². The second-order valence-electron chi connectivity index (χ2n) is 16.2. The minimum absolute atomic E-state index is 0.0298. The molecule has 21 heteroatoms. The first-order valence-corrected chi connectivity index (χ1v) is 26.1. The smallest absolute Gasteiger partial charge is 0.462 e. The number of anilines is 1. The minimum atomic E-state index is -5.43. The van der Waals surface area contributed by atoms with E-state index >= 15 is 0 Å². The van der Waals surface area contributed by atoms with Gasteiger partial charge in [-0.15, -0.1) is 0 Å². The Bertz CT molecular complexity index is 1810. The molecule has 0 amide bonds. The Hall–Kier alpha value is -3.32. The minimum Gasteiger partial charge on any atom is -0.462 e. The first-order chi connectivity index (χ1) is 31.6. The summed E-state index contributed by atoms with van der Waals surface area (Å²) in [7, 11) is -10.9. The zero-order valence-electron chi connectivity index (χ0n) is 38.6. The van der Waals surface area contributed by atoms with Crippen molar-refractivity contribution in [3.63, 3.8) is 0 Å². The van der Waals surface area contributed by atoms with Crippen LogP contribution in [0.25, 0.3) is 0 Å². The van der Waals surface area contributed by atoms with Crippen LogP contribution < -0.4 is 11.4 Å². The van der Waals surface area contributed by atoms with E-state index in [1.165, 1.54) is 12.5 Å². The second kappa shape index (κ2) is 34.0. The monoisotopic (exact) mass is 975 g/mol. The molecule has 0 bridgehead atoms. The van der Waals surface area contributed by atoms with Gasteiger partial charge in [0, 0.05) is 25.6 Å². The number of hydrogen-bond acceptors (Lipinski definition) is 16. The molecule has 376 valence electrons. The molecule has 0 aliphatic carbocycles. The third-order valence-corrected chi connectivity index (χ3v) is 13.1. The Kier molecular flexibility index (Phi) is 30.3. The molecule has 0 aromatic carbocycles. The van der Waals surface area contributed by atoms with Crippen molar-refractivity contribution in [1.29, 1.82) is 0 Å². The number of nitrogens with zero attached hydrogens (tertiary/aromatic N) is 2. The predicted molar refractivity (Wildman–Crippen MR) is 249 cm³/mol. The highest BCUT2D eigenvalue weighted by atomic mass is 31.3. The average molecular weight is 976 g/mol. The van der Waals surface area contributed by atoms with Gasteiger partial charge in [-0.25, -0.2) is 13.9 Å². The van der Waals surface area contributed by atoms with Crippen LogP contribution in [0, 0.1) is 5.92 Å². The first kappa shape index (κ1) is 58.8. The standard InChI is InChI=1S/C45H75N3O16P2/c1-3-36(2)27-23-19-16-17-21-25-29-41(51)62-37(33-59-40(50)28-24-20-15-13-11-9-7-5-4-6-8-10-12-14-18-22-26-32-49)34-60-65(55,56)64-66(57,58)61-35-38-42(52)43(53)44(63-38)48-31-30-39(46)47-45(48)54/h4,6-7,9-10,12-13,15,30-31,36-38,42-44,49,52-53H,3,5,8,11,14,16-29,32-35H2,1-2H3,(H,55,56)(H,57,58)(H2,46,47,54)/b6-4-,9-7-,12-10-,15-13-/t36?,37-,38-,42-,43-,44-/m1/s1. The summed E-state index contributed by atoms with van der Waals surface area (Å²) >= 11 is 0. The van der Waals surface area contributed by atoms with Crippen molar-refractivity contribution >= 4 is 33.4 Å². The van der Waals surface area contributed by atoms with Crippen LogP contribution in [0.4, 0.5) is 5.82 Å². The first-order valence-electron chi connectivity index (χ1n) is 23.2. The number of aliphatic hydroxyl groups is 3. The fourth-order valence-electron chi connectivity index (χ4n) is 6.49. The van der Waals surface area contributed by atoms with Gasteiger partial charge in [-0.05, 0) is 69.8 Å². The molecule has 1 fully saturated rings. The van der Waals surface area contributed by atoms with Crippen molar-refractivity contribution in [3.05, 3.63) is 71.4 Å². The molecule has 1 aliphatic rings. The van der Waals surface area contributed by atoms with E-state index in [0.29, 0.717) is 25.2 Å². The SMILES string of the molecule is CCC(C)CCCCCCCCC(=O)O[C@H](COC(=O)CCC/C=C\C/C=C\C/C=C\C/C=C\CCCCCO)COP(=O)(O)OP(=O)(O)OC[C@H]1O[C@@H](n2ccc(N)nc2=O)[C@H](O)[C@@H]1O. The van der Waals surface area contributed by atoms with Gasteiger partial charge in [0.05, 0.1) is 13.2 Å². The third-order valence-electron chi connectivity index (χ3n) is 10.5. The number of aliphatic hydroxyl groups excluding tert-OH is 3. The summed E-state index contributed by atoms with van der Waals surface area (Å²) in [4.78, 5) is 61.6. The van der Waals surface area contributed by atoms with Gasteiger partial charge in [0.25, 0.3) is 0 Å². The molecule has 8 atom stereocenters. The number of aromatic nitrogens is 2. The maximum atomic E-state index is 12.8. The van der Waals surface area contributed by atoms with Gasteiger partial charge in [0.1, 0.15) is 30.7 Å². The number of esters is 2. The maximum absolute atomic E-state index is 12.8. The third kappa shape index (κ3) is 26.9. The summed E-state index contributed by atoms with van der Waals surface area (Å²) < 4.78 is 56.5. The van der Waals surface area contributed by atoms with Crippen LogP contribution in [-0.2, 0) is 46.3 Å². The van der Waals surface area contributed by atoms with E-state index in [9.17, 15) is 43.5 Å². The van der Waals surface area contributed by atoms with Gasteiger partial charge in [0.2, 0.25) is 0 Å². The highest BCUT2D eigenvalue weighted by molar-refractivity contribution is 7.61. The lowest BCUT2D eigenvalue weighted by atomic mass is 10.00.